The van der Waals surface area contributed by atoms with Gasteiger partial charge in [0.2, 0.25) is 0 Å². The molecule has 0 amide bonds. The minimum absolute atomic E-state index is 0.302. The second-order valence-electron chi connectivity index (χ2n) is 2.47. The molecule has 0 N–H and O–H groups in total. The molecule has 1 atom stereocenters. The number of carbonyl (C=O) groups excluding carboxylic acids is 1. The first-order valence-corrected chi connectivity index (χ1v) is 3.54. The minimum Gasteiger partial charge on any atom is -0.467 e. The van der Waals surface area contributed by atoms with E-state index in [1.165, 1.54) is 12.0 Å². The fourth-order valence-corrected chi connectivity index (χ4v) is 1.27. The van der Waals surface area contributed by atoms with Crippen molar-refractivity contribution in [1.82, 2.24) is 4.90 Å². The van der Waals surface area contributed by atoms with Gasteiger partial charge < -0.3 is 4.74 Å². The average molecular weight is 154 g/mol. The first kappa shape index (κ1) is 7.86. The summed E-state index contributed by atoms with van der Waals surface area (Å²) in [6.45, 7) is 0.677. The van der Waals surface area contributed by atoms with Gasteiger partial charge in [-0.1, -0.05) is 0 Å². The van der Waals surface area contributed by atoms with Crippen LogP contribution in [0.5, 0.6) is 0 Å². The van der Waals surface area contributed by atoms with Crippen LogP contribution in [0.2, 0.25) is 0 Å². The Hall–Kier alpha value is -1.24. The number of hydrogen-bond acceptors (Lipinski definition) is 4. The maximum absolute atomic E-state index is 11.0. The molecule has 0 bridgehead atoms. The van der Waals surface area contributed by atoms with Crippen LogP contribution < -0.4 is 0 Å². The number of nitriles is 1. The van der Waals surface area contributed by atoms with Crippen LogP contribution >= 0.6 is 0 Å². The van der Waals surface area contributed by atoms with Crippen molar-refractivity contribution in [2.75, 3.05) is 13.7 Å². The topological polar surface area (TPSA) is 53.3 Å². The lowest BCUT2D eigenvalue weighted by molar-refractivity contribution is -0.144. The zero-order chi connectivity index (χ0) is 8.27. The number of esters is 1. The molecule has 60 valence electrons. The Morgan fingerprint density at radius 2 is 2.55 bits per heavy atom. The summed E-state index contributed by atoms with van der Waals surface area (Å²) in [5.74, 6) is -0.302. The van der Waals surface area contributed by atoms with Gasteiger partial charge in [-0.2, -0.15) is 5.26 Å². The molecule has 1 heterocycles. The van der Waals surface area contributed by atoms with Gasteiger partial charge in [-0.05, 0) is 12.8 Å². The van der Waals surface area contributed by atoms with E-state index < -0.39 is 0 Å². The smallest absolute Gasteiger partial charge is 0.329 e. The third kappa shape index (κ3) is 1.43. The third-order valence-corrected chi connectivity index (χ3v) is 1.85. The molecule has 11 heavy (non-hydrogen) atoms. The van der Waals surface area contributed by atoms with E-state index in [0.717, 1.165) is 12.8 Å². The van der Waals surface area contributed by atoms with Crippen LogP contribution in [-0.2, 0) is 9.53 Å². The normalized spacial score (nSPS) is 22.9. The van der Waals surface area contributed by atoms with Gasteiger partial charge in [0.05, 0.1) is 7.11 Å². The van der Waals surface area contributed by atoms with E-state index in [0.29, 0.717) is 6.54 Å². The standard InChI is InChI=1S/C7H10N2O2/c1-11-7(10)6-3-2-4-9(6)5-8/h6H,2-4H2,1H3/t6-/m1/s1. The average Bonchev–Trinajstić information content (AvgIpc) is 2.50. The molecular formula is C7H10N2O2. The molecule has 0 saturated carbocycles. The van der Waals surface area contributed by atoms with E-state index >= 15 is 0 Å². The summed E-state index contributed by atoms with van der Waals surface area (Å²) in [5, 5.41) is 8.55. The molecule has 1 aliphatic rings. The van der Waals surface area contributed by atoms with Crippen molar-refractivity contribution in [3.63, 3.8) is 0 Å². The van der Waals surface area contributed by atoms with Gasteiger partial charge in [-0.25, -0.2) is 4.79 Å². The quantitative estimate of drug-likeness (QED) is 0.397. The fraction of sp³-hybridized carbons (Fsp3) is 0.714. The third-order valence-electron chi connectivity index (χ3n) is 1.85. The number of hydrogen-bond donors (Lipinski definition) is 0. The molecule has 0 aromatic rings. The highest BCUT2D eigenvalue weighted by atomic mass is 16.5. The second kappa shape index (κ2) is 3.24. The molecular weight excluding hydrogens is 144 g/mol. The molecule has 1 rings (SSSR count). The van der Waals surface area contributed by atoms with E-state index in [1.807, 2.05) is 6.19 Å². The van der Waals surface area contributed by atoms with E-state index in [4.69, 9.17) is 5.26 Å². The zero-order valence-corrected chi connectivity index (χ0v) is 6.41. The minimum atomic E-state index is -0.329. The van der Waals surface area contributed by atoms with Crippen molar-refractivity contribution < 1.29 is 9.53 Å². The highest BCUT2D eigenvalue weighted by Gasteiger charge is 2.30. The first-order chi connectivity index (χ1) is 5.29. The predicted molar refractivity (Wildman–Crippen MR) is 37.4 cm³/mol. The molecule has 1 fully saturated rings. The van der Waals surface area contributed by atoms with Crippen molar-refractivity contribution in [1.29, 1.82) is 5.26 Å². The lowest BCUT2D eigenvalue weighted by Gasteiger charge is -2.14. The van der Waals surface area contributed by atoms with Crippen LogP contribution in [0.4, 0.5) is 0 Å². The summed E-state index contributed by atoms with van der Waals surface area (Å²) >= 11 is 0. The van der Waals surface area contributed by atoms with Crippen LogP contribution in [-0.4, -0.2) is 30.6 Å². The summed E-state index contributed by atoms with van der Waals surface area (Å²) in [6.07, 6.45) is 3.59. The van der Waals surface area contributed by atoms with Gasteiger partial charge in [0.15, 0.2) is 6.19 Å². The highest BCUT2D eigenvalue weighted by molar-refractivity contribution is 5.76. The van der Waals surface area contributed by atoms with E-state index in [1.54, 1.807) is 0 Å². The summed E-state index contributed by atoms with van der Waals surface area (Å²) in [4.78, 5) is 12.4. The molecule has 4 nitrogen and oxygen atoms in total. The number of carbonyl (C=O) groups is 1. The molecule has 0 spiro atoms. The van der Waals surface area contributed by atoms with Gasteiger partial charge in [0.1, 0.15) is 6.04 Å². The van der Waals surface area contributed by atoms with Crippen LogP contribution in [0.15, 0.2) is 0 Å². The van der Waals surface area contributed by atoms with E-state index in [9.17, 15) is 4.79 Å². The summed E-state index contributed by atoms with van der Waals surface area (Å²) < 4.78 is 4.53. The Kier molecular flexibility index (Phi) is 2.32. The van der Waals surface area contributed by atoms with Crippen LogP contribution in [0.1, 0.15) is 12.8 Å². The molecule has 1 saturated heterocycles. The van der Waals surface area contributed by atoms with Gasteiger partial charge in [0, 0.05) is 6.54 Å². The molecule has 0 radical (unpaired) electrons. The second-order valence-corrected chi connectivity index (χ2v) is 2.47. The van der Waals surface area contributed by atoms with Crippen LogP contribution in [0.25, 0.3) is 0 Å². The Morgan fingerprint density at radius 1 is 1.82 bits per heavy atom. The van der Waals surface area contributed by atoms with Gasteiger partial charge in [-0.3, -0.25) is 4.90 Å². The maximum Gasteiger partial charge on any atom is 0.329 e. The van der Waals surface area contributed by atoms with Crippen molar-refractivity contribution in [3.8, 4) is 6.19 Å². The summed E-state index contributed by atoms with van der Waals surface area (Å²) in [6, 6.07) is -0.329. The van der Waals surface area contributed by atoms with E-state index in [2.05, 4.69) is 4.74 Å². The zero-order valence-electron chi connectivity index (χ0n) is 6.41. The Balaban J connectivity index is 2.58. The van der Waals surface area contributed by atoms with Gasteiger partial charge >= 0.3 is 5.97 Å². The Labute approximate surface area is 65.4 Å². The highest BCUT2D eigenvalue weighted by Crippen LogP contribution is 2.16. The van der Waals surface area contributed by atoms with Crippen LogP contribution in [0, 0.1) is 11.5 Å². The monoisotopic (exact) mass is 154 g/mol. The van der Waals surface area contributed by atoms with Crippen LogP contribution in [0.3, 0.4) is 0 Å². The number of ether oxygens (including phenoxy) is 1. The predicted octanol–water partition coefficient (Wildman–Crippen LogP) is 0.105. The number of likely N-dealkylation sites (tertiary alicyclic amines) is 1. The molecule has 0 aliphatic carbocycles. The lowest BCUT2D eigenvalue weighted by atomic mass is 10.2. The number of rotatable bonds is 1. The summed E-state index contributed by atoms with van der Waals surface area (Å²) in [7, 11) is 1.34. The molecule has 0 aromatic heterocycles. The van der Waals surface area contributed by atoms with Crippen molar-refractivity contribution in [2.24, 2.45) is 0 Å². The first-order valence-electron chi connectivity index (χ1n) is 3.54. The SMILES string of the molecule is COC(=O)[C@H]1CCCN1C#N. The van der Waals surface area contributed by atoms with Gasteiger partial charge in [-0.15, -0.1) is 0 Å². The Bertz CT molecular complexity index is 197. The van der Waals surface area contributed by atoms with Gasteiger partial charge in [0.25, 0.3) is 0 Å². The van der Waals surface area contributed by atoms with Crippen molar-refractivity contribution >= 4 is 5.97 Å². The Morgan fingerprint density at radius 3 is 3.09 bits per heavy atom. The van der Waals surface area contributed by atoms with Crippen molar-refractivity contribution in [3.05, 3.63) is 0 Å². The summed E-state index contributed by atoms with van der Waals surface area (Å²) in [5.41, 5.74) is 0. The molecule has 4 heteroatoms. The lowest BCUT2D eigenvalue weighted by Crippen LogP contribution is -2.33. The van der Waals surface area contributed by atoms with Crippen molar-refractivity contribution in [2.45, 2.75) is 18.9 Å². The van der Waals surface area contributed by atoms with E-state index in [-0.39, 0.29) is 12.0 Å². The number of methoxy groups -OCH3 is 1. The maximum atomic E-state index is 11.0. The number of nitrogens with zero attached hydrogens (tertiary/aromatic N) is 2. The fourth-order valence-electron chi connectivity index (χ4n) is 1.27. The molecule has 1 aliphatic heterocycles. The molecule has 0 unspecified atom stereocenters. The largest absolute Gasteiger partial charge is 0.467 e. The molecule has 0 aromatic carbocycles.